The summed E-state index contributed by atoms with van der Waals surface area (Å²) < 4.78 is 6.04. The van der Waals surface area contributed by atoms with Crippen molar-refractivity contribution in [3.05, 3.63) is 22.4 Å². The summed E-state index contributed by atoms with van der Waals surface area (Å²) in [5, 5.41) is 9.84. The largest absolute Gasteiger partial charge is 0.370 e. The van der Waals surface area contributed by atoms with Crippen LogP contribution in [0.15, 0.2) is 0 Å². The SMILES string of the molecule is CC(C)Cc1[nH+]c(N2CCCC2)c(C#N)c2c1COC(C)(C)C2. The van der Waals surface area contributed by atoms with Crippen molar-refractivity contribution in [3.63, 3.8) is 0 Å². The average molecular weight is 314 g/mol. The highest BCUT2D eigenvalue weighted by Gasteiger charge is 2.36. The van der Waals surface area contributed by atoms with Crippen LogP contribution in [-0.4, -0.2) is 18.7 Å². The Morgan fingerprint density at radius 2 is 1.96 bits per heavy atom. The third kappa shape index (κ3) is 3.21. The molecule has 4 nitrogen and oxygen atoms in total. The lowest BCUT2D eigenvalue weighted by Gasteiger charge is -2.33. The summed E-state index contributed by atoms with van der Waals surface area (Å²) in [4.78, 5) is 5.97. The molecule has 1 aromatic heterocycles. The third-order valence-corrected chi connectivity index (χ3v) is 4.89. The van der Waals surface area contributed by atoms with Gasteiger partial charge in [0.15, 0.2) is 0 Å². The number of H-pyrrole nitrogens is 1. The molecule has 1 N–H and O–H groups in total. The normalized spacial score (nSPS) is 19.7. The number of rotatable bonds is 3. The zero-order valence-electron chi connectivity index (χ0n) is 14.8. The number of aromatic amines is 1. The lowest BCUT2D eigenvalue weighted by atomic mass is 9.86. The topological polar surface area (TPSA) is 50.4 Å². The number of hydrogen-bond acceptors (Lipinski definition) is 3. The molecule has 0 unspecified atom stereocenters. The molecule has 1 fully saturated rings. The molecule has 0 aromatic carbocycles. The van der Waals surface area contributed by atoms with Crippen molar-refractivity contribution in [2.45, 2.75) is 65.6 Å². The molecule has 124 valence electrons. The molecule has 0 bridgehead atoms. The Labute approximate surface area is 139 Å². The van der Waals surface area contributed by atoms with E-state index in [1.807, 2.05) is 0 Å². The third-order valence-electron chi connectivity index (χ3n) is 4.89. The van der Waals surface area contributed by atoms with Crippen LogP contribution < -0.4 is 9.88 Å². The highest BCUT2D eigenvalue weighted by Crippen LogP contribution is 2.35. The van der Waals surface area contributed by atoms with E-state index in [2.05, 4.69) is 43.6 Å². The van der Waals surface area contributed by atoms with Crippen LogP contribution in [-0.2, 0) is 24.2 Å². The summed E-state index contributed by atoms with van der Waals surface area (Å²) in [6, 6.07) is 2.49. The molecule has 3 heterocycles. The van der Waals surface area contributed by atoms with Gasteiger partial charge in [0.25, 0.3) is 5.82 Å². The summed E-state index contributed by atoms with van der Waals surface area (Å²) in [5.41, 5.74) is 4.33. The summed E-state index contributed by atoms with van der Waals surface area (Å²) >= 11 is 0. The number of nitrogens with zero attached hydrogens (tertiary/aromatic N) is 2. The standard InChI is InChI=1S/C19H27N3O/c1-13(2)9-17-16-12-23-19(3,4)10-14(16)15(11-20)18(21-17)22-7-5-6-8-22/h13H,5-10,12H2,1-4H3/p+1. The second-order valence-corrected chi connectivity index (χ2v) is 7.91. The van der Waals surface area contributed by atoms with E-state index in [0.29, 0.717) is 12.5 Å². The Hall–Kier alpha value is -1.60. The fourth-order valence-corrected chi connectivity index (χ4v) is 3.75. The molecule has 0 spiro atoms. The van der Waals surface area contributed by atoms with Crippen molar-refractivity contribution in [3.8, 4) is 6.07 Å². The van der Waals surface area contributed by atoms with Crippen LogP contribution in [0.4, 0.5) is 5.82 Å². The number of fused-ring (bicyclic) bond motifs is 1. The van der Waals surface area contributed by atoms with E-state index in [9.17, 15) is 5.26 Å². The molecule has 0 radical (unpaired) electrons. The quantitative estimate of drug-likeness (QED) is 0.861. The summed E-state index contributed by atoms with van der Waals surface area (Å²) in [6.45, 7) is 11.4. The van der Waals surface area contributed by atoms with E-state index in [-0.39, 0.29) is 5.60 Å². The zero-order chi connectivity index (χ0) is 16.6. The van der Waals surface area contributed by atoms with Crippen LogP contribution >= 0.6 is 0 Å². The first kappa shape index (κ1) is 16.3. The first-order valence-corrected chi connectivity index (χ1v) is 8.80. The van der Waals surface area contributed by atoms with E-state index in [0.717, 1.165) is 37.3 Å². The maximum absolute atomic E-state index is 9.84. The van der Waals surface area contributed by atoms with Gasteiger partial charge >= 0.3 is 0 Å². The minimum absolute atomic E-state index is 0.197. The van der Waals surface area contributed by atoms with Crippen molar-refractivity contribution in [1.82, 2.24) is 0 Å². The molecule has 2 aliphatic heterocycles. The highest BCUT2D eigenvalue weighted by atomic mass is 16.5. The van der Waals surface area contributed by atoms with Crippen molar-refractivity contribution in [2.24, 2.45) is 5.92 Å². The number of hydrogen-bond donors (Lipinski definition) is 0. The molecule has 3 rings (SSSR count). The second kappa shape index (κ2) is 6.13. The van der Waals surface area contributed by atoms with Crippen LogP contribution in [0, 0.1) is 17.2 Å². The maximum atomic E-state index is 9.84. The van der Waals surface area contributed by atoms with Crippen molar-refractivity contribution in [2.75, 3.05) is 18.0 Å². The van der Waals surface area contributed by atoms with E-state index in [1.54, 1.807) is 0 Å². The van der Waals surface area contributed by atoms with Gasteiger partial charge in [-0.25, -0.2) is 4.98 Å². The molecule has 0 atom stereocenters. The van der Waals surface area contributed by atoms with Gasteiger partial charge in [0, 0.05) is 18.4 Å². The minimum atomic E-state index is -0.197. The second-order valence-electron chi connectivity index (χ2n) is 7.91. The van der Waals surface area contributed by atoms with Gasteiger partial charge in [-0.15, -0.1) is 0 Å². The molecule has 0 aliphatic carbocycles. The summed E-state index contributed by atoms with van der Waals surface area (Å²) in [6.07, 6.45) is 4.23. The van der Waals surface area contributed by atoms with Gasteiger partial charge < -0.3 is 4.74 Å². The number of pyridine rings is 1. The van der Waals surface area contributed by atoms with E-state index in [4.69, 9.17) is 4.74 Å². The number of ether oxygens (including phenoxy) is 1. The fourth-order valence-electron chi connectivity index (χ4n) is 3.75. The van der Waals surface area contributed by atoms with Crippen molar-refractivity contribution in [1.29, 1.82) is 5.26 Å². The molecular formula is C19H28N3O+. The highest BCUT2D eigenvalue weighted by molar-refractivity contribution is 5.58. The van der Waals surface area contributed by atoms with Gasteiger partial charge in [0.1, 0.15) is 17.3 Å². The lowest BCUT2D eigenvalue weighted by Crippen LogP contribution is -2.38. The van der Waals surface area contributed by atoms with Gasteiger partial charge in [0.05, 0.1) is 25.3 Å². The average Bonchev–Trinajstić information content (AvgIpc) is 2.99. The Balaban J connectivity index is 2.15. The summed E-state index contributed by atoms with van der Waals surface area (Å²) in [7, 11) is 0. The Kier molecular flexibility index (Phi) is 4.33. The van der Waals surface area contributed by atoms with Gasteiger partial charge in [-0.2, -0.15) is 5.26 Å². The number of anilines is 1. The maximum Gasteiger partial charge on any atom is 0.293 e. The number of nitriles is 1. The fraction of sp³-hybridized carbons (Fsp3) is 0.684. The van der Waals surface area contributed by atoms with Crippen LogP contribution in [0.25, 0.3) is 0 Å². The molecule has 4 heteroatoms. The van der Waals surface area contributed by atoms with Crippen molar-refractivity contribution < 1.29 is 9.72 Å². The molecule has 2 aliphatic rings. The Morgan fingerprint density at radius 1 is 1.26 bits per heavy atom. The number of aromatic nitrogens is 1. The molecule has 1 aromatic rings. The monoisotopic (exact) mass is 314 g/mol. The zero-order valence-corrected chi connectivity index (χ0v) is 14.8. The van der Waals surface area contributed by atoms with E-state index in [1.165, 1.54) is 29.7 Å². The van der Waals surface area contributed by atoms with Gasteiger partial charge in [-0.05, 0) is 38.2 Å². The van der Waals surface area contributed by atoms with Crippen LogP contribution in [0.5, 0.6) is 0 Å². The van der Waals surface area contributed by atoms with Crippen LogP contribution in [0.1, 0.15) is 62.9 Å². The summed E-state index contributed by atoms with van der Waals surface area (Å²) in [5.74, 6) is 1.61. The Morgan fingerprint density at radius 3 is 2.57 bits per heavy atom. The van der Waals surface area contributed by atoms with Crippen LogP contribution in [0.2, 0.25) is 0 Å². The molecule has 0 amide bonds. The smallest absolute Gasteiger partial charge is 0.293 e. The molecule has 1 saturated heterocycles. The minimum Gasteiger partial charge on any atom is -0.370 e. The molecule has 0 saturated carbocycles. The molecular weight excluding hydrogens is 286 g/mol. The van der Waals surface area contributed by atoms with Gasteiger partial charge in [-0.3, -0.25) is 4.90 Å². The van der Waals surface area contributed by atoms with Gasteiger partial charge in [0.2, 0.25) is 0 Å². The lowest BCUT2D eigenvalue weighted by molar-refractivity contribution is -0.379. The predicted octanol–water partition coefficient (Wildman–Crippen LogP) is 3.02. The van der Waals surface area contributed by atoms with E-state index < -0.39 is 0 Å². The first-order valence-electron chi connectivity index (χ1n) is 8.80. The Bertz CT molecular complexity index is 637. The first-order chi connectivity index (χ1) is 10.9. The van der Waals surface area contributed by atoms with Gasteiger partial charge in [-0.1, -0.05) is 13.8 Å². The van der Waals surface area contributed by atoms with Crippen LogP contribution in [0.3, 0.4) is 0 Å². The predicted molar refractivity (Wildman–Crippen MR) is 90.3 cm³/mol. The molecule has 23 heavy (non-hydrogen) atoms. The number of nitrogens with one attached hydrogen (secondary N) is 1. The van der Waals surface area contributed by atoms with Crippen molar-refractivity contribution >= 4 is 5.82 Å². The van der Waals surface area contributed by atoms with E-state index >= 15 is 0 Å².